The molecule has 26 heavy (non-hydrogen) atoms. The van der Waals surface area contributed by atoms with Gasteiger partial charge in [0.05, 0.1) is 11.3 Å². The van der Waals surface area contributed by atoms with Crippen LogP contribution in [0.25, 0.3) is 0 Å². The van der Waals surface area contributed by atoms with Crippen LogP contribution in [0.1, 0.15) is 22.9 Å². The molecule has 1 aromatic carbocycles. The van der Waals surface area contributed by atoms with Gasteiger partial charge < -0.3 is 4.74 Å². The Kier molecular flexibility index (Phi) is 4.74. The van der Waals surface area contributed by atoms with Gasteiger partial charge in [0, 0.05) is 17.5 Å². The van der Waals surface area contributed by atoms with Crippen molar-refractivity contribution in [3.63, 3.8) is 0 Å². The molecule has 5 nitrogen and oxygen atoms in total. The summed E-state index contributed by atoms with van der Waals surface area (Å²) in [6, 6.07) is 8.91. The zero-order valence-electron chi connectivity index (χ0n) is 13.6. The van der Waals surface area contributed by atoms with E-state index < -0.39 is 33.9 Å². The van der Waals surface area contributed by atoms with Crippen molar-refractivity contribution < 1.29 is 26.3 Å². The number of alkyl halides is 3. The van der Waals surface area contributed by atoms with Gasteiger partial charge >= 0.3 is 6.18 Å². The van der Waals surface area contributed by atoms with Gasteiger partial charge in [0.2, 0.25) is 9.84 Å². The summed E-state index contributed by atoms with van der Waals surface area (Å²) in [5, 5.41) is -1.22. The molecule has 0 spiro atoms. The highest BCUT2D eigenvalue weighted by molar-refractivity contribution is 7.92. The number of ether oxygens (including phenoxy) is 1. The number of rotatable bonds is 4. The van der Waals surface area contributed by atoms with Crippen molar-refractivity contribution in [3.8, 4) is 0 Å². The summed E-state index contributed by atoms with van der Waals surface area (Å²) in [6.07, 6.45) is -4.24. The molecule has 3 rings (SSSR count). The number of nitrogens with zero attached hydrogens (tertiary/aromatic N) is 2. The average Bonchev–Trinajstić information content (AvgIpc) is 3.05. The molecule has 2 heterocycles. The second kappa shape index (κ2) is 6.71. The van der Waals surface area contributed by atoms with Crippen LogP contribution in [0.15, 0.2) is 52.5 Å². The number of halogens is 3. The Bertz CT molecular complexity index is 908. The molecule has 0 amide bonds. The van der Waals surface area contributed by atoms with Crippen molar-refractivity contribution in [2.75, 3.05) is 0 Å². The first-order valence-corrected chi connectivity index (χ1v) is 9.21. The van der Waals surface area contributed by atoms with Crippen molar-refractivity contribution in [1.82, 2.24) is 4.98 Å². The summed E-state index contributed by atoms with van der Waals surface area (Å²) in [4.78, 5) is 7.76. The van der Waals surface area contributed by atoms with Crippen molar-refractivity contribution >= 4 is 16.2 Å². The zero-order chi connectivity index (χ0) is 18.9. The van der Waals surface area contributed by atoms with E-state index in [4.69, 9.17) is 4.74 Å². The Labute approximate surface area is 148 Å². The van der Waals surface area contributed by atoms with Gasteiger partial charge in [-0.1, -0.05) is 23.8 Å². The van der Waals surface area contributed by atoms with Gasteiger partial charge in [-0.25, -0.2) is 13.4 Å². The molecule has 1 aliphatic heterocycles. The lowest BCUT2D eigenvalue weighted by Gasteiger charge is -2.18. The van der Waals surface area contributed by atoms with Crippen LogP contribution in [0.4, 0.5) is 13.2 Å². The third kappa shape index (κ3) is 3.87. The molecular formula is C17H15F3N2O3S. The largest absolute Gasteiger partial charge is 0.472 e. The third-order valence-corrected chi connectivity index (χ3v) is 5.83. The number of hydrogen-bond donors (Lipinski definition) is 0. The molecule has 0 saturated carbocycles. The smallest absolute Gasteiger partial charge is 0.394 e. The fourth-order valence-electron chi connectivity index (χ4n) is 2.57. The minimum Gasteiger partial charge on any atom is -0.472 e. The topological polar surface area (TPSA) is 68.6 Å². The van der Waals surface area contributed by atoms with Gasteiger partial charge in [0.15, 0.2) is 17.9 Å². The van der Waals surface area contributed by atoms with Crippen LogP contribution in [-0.4, -0.2) is 31.4 Å². The van der Waals surface area contributed by atoms with E-state index >= 15 is 0 Å². The Hall–Kier alpha value is -2.42. The van der Waals surface area contributed by atoms with E-state index in [2.05, 4.69) is 9.98 Å². The van der Waals surface area contributed by atoms with Gasteiger partial charge in [-0.15, -0.1) is 0 Å². The molecule has 138 valence electrons. The third-order valence-electron chi connectivity index (χ3n) is 3.90. The Morgan fingerprint density at radius 2 is 1.81 bits per heavy atom. The summed E-state index contributed by atoms with van der Waals surface area (Å²) in [5.41, 5.74) is 1.10. The molecular weight excluding hydrogens is 369 g/mol. The molecule has 1 aliphatic rings. The molecule has 2 aromatic rings. The van der Waals surface area contributed by atoms with Gasteiger partial charge in [0.1, 0.15) is 0 Å². The molecule has 0 aliphatic carbocycles. The normalized spacial score (nSPS) is 20.2. The summed E-state index contributed by atoms with van der Waals surface area (Å²) in [7, 11) is -3.82. The second-order valence-corrected chi connectivity index (χ2v) is 7.98. The van der Waals surface area contributed by atoms with Crippen LogP contribution in [-0.2, 0) is 21.0 Å². The van der Waals surface area contributed by atoms with Crippen molar-refractivity contribution in [3.05, 3.63) is 59.4 Å². The van der Waals surface area contributed by atoms with Crippen LogP contribution in [0, 0.1) is 6.92 Å². The molecule has 2 atom stereocenters. The molecule has 0 bridgehead atoms. The summed E-state index contributed by atoms with van der Waals surface area (Å²) < 4.78 is 68.2. The van der Waals surface area contributed by atoms with Crippen LogP contribution < -0.4 is 0 Å². The maximum atomic E-state index is 12.8. The number of aromatic nitrogens is 1. The minimum absolute atomic E-state index is 0.0994. The van der Waals surface area contributed by atoms with Gasteiger partial charge in [0.25, 0.3) is 0 Å². The number of benzene rings is 1. The van der Waals surface area contributed by atoms with Crippen LogP contribution in [0.2, 0.25) is 0 Å². The van der Waals surface area contributed by atoms with Crippen LogP contribution in [0.5, 0.6) is 0 Å². The molecule has 0 saturated heterocycles. The quantitative estimate of drug-likeness (QED) is 0.810. The number of aryl methyl sites for hydroxylation is 1. The highest BCUT2D eigenvalue weighted by Crippen LogP contribution is 2.33. The fourth-order valence-corrected chi connectivity index (χ4v) is 4.12. The average molecular weight is 384 g/mol. The molecule has 0 N–H and O–H groups in total. The maximum Gasteiger partial charge on any atom is 0.394 e. The predicted molar refractivity (Wildman–Crippen MR) is 88.5 cm³/mol. The zero-order valence-corrected chi connectivity index (χ0v) is 14.5. The standard InChI is InChI=1S/C17H15F3N2O3S/c1-11-2-6-14(7-3-11)26(23,24)16-15(25-10-22-16)12-4-5-13(21-9-12)8-17(18,19)20/h2-7,9-10,15-16H,8H2,1H3. The van der Waals surface area contributed by atoms with E-state index in [0.29, 0.717) is 5.56 Å². The lowest BCUT2D eigenvalue weighted by molar-refractivity contribution is -0.127. The van der Waals surface area contributed by atoms with Crippen molar-refractivity contribution in [2.45, 2.75) is 35.9 Å². The maximum absolute atomic E-state index is 12.8. The minimum atomic E-state index is -4.36. The monoisotopic (exact) mass is 384 g/mol. The van der Waals surface area contributed by atoms with E-state index in [1.807, 2.05) is 6.92 Å². The first-order valence-electron chi connectivity index (χ1n) is 7.66. The van der Waals surface area contributed by atoms with E-state index in [1.54, 1.807) is 12.1 Å². The van der Waals surface area contributed by atoms with Crippen LogP contribution in [0.3, 0.4) is 0 Å². The van der Waals surface area contributed by atoms with E-state index in [1.165, 1.54) is 30.5 Å². The Morgan fingerprint density at radius 3 is 2.38 bits per heavy atom. The van der Waals surface area contributed by atoms with Crippen molar-refractivity contribution in [2.24, 2.45) is 4.99 Å². The number of aliphatic imine (C=N–C) groups is 1. The molecule has 9 heteroatoms. The summed E-state index contributed by atoms with van der Waals surface area (Å²) in [6.45, 7) is 1.84. The predicted octanol–water partition coefficient (Wildman–Crippen LogP) is 3.39. The number of pyridine rings is 1. The number of hydrogen-bond acceptors (Lipinski definition) is 5. The Morgan fingerprint density at radius 1 is 1.12 bits per heavy atom. The summed E-state index contributed by atoms with van der Waals surface area (Å²) >= 11 is 0. The lowest BCUT2D eigenvalue weighted by atomic mass is 10.1. The fraction of sp³-hybridized carbons (Fsp3) is 0.294. The van der Waals surface area contributed by atoms with Gasteiger partial charge in [-0.3, -0.25) is 4.98 Å². The molecule has 2 unspecified atom stereocenters. The van der Waals surface area contributed by atoms with E-state index in [9.17, 15) is 21.6 Å². The van der Waals surface area contributed by atoms with E-state index in [0.717, 1.165) is 12.0 Å². The van der Waals surface area contributed by atoms with Gasteiger partial charge in [-0.05, 0) is 25.1 Å². The summed E-state index contributed by atoms with van der Waals surface area (Å²) in [5.74, 6) is 0. The lowest BCUT2D eigenvalue weighted by Crippen LogP contribution is -2.25. The number of sulfone groups is 1. The molecule has 0 fully saturated rings. The van der Waals surface area contributed by atoms with Crippen molar-refractivity contribution in [1.29, 1.82) is 0 Å². The van der Waals surface area contributed by atoms with E-state index in [-0.39, 0.29) is 10.6 Å². The highest BCUT2D eigenvalue weighted by Gasteiger charge is 2.40. The highest BCUT2D eigenvalue weighted by atomic mass is 32.2. The Balaban J connectivity index is 1.86. The molecule has 1 aromatic heterocycles. The van der Waals surface area contributed by atoms with Gasteiger partial charge in [-0.2, -0.15) is 13.2 Å². The molecule has 0 radical (unpaired) electrons. The second-order valence-electron chi connectivity index (χ2n) is 5.93. The first-order chi connectivity index (χ1) is 12.2. The first kappa shape index (κ1) is 18.4. The SMILES string of the molecule is Cc1ccc(S(=O)(=O)C2N=COC2c2ccc(CC(F)(F)F)nc2)cc1. The van der Waals surface area contributed by atoms with Crippen LogP contribution >= 0.6 is 0 Å².